The van der Waals surface area contributed by atoms with E-state index in [2.05, 4.69) is 59.2 Å². The monoisotopic (exact) mass is 401 g/mol. The molecule has 132 valence electrons. The van der Waals surface area contributed by atoms with Crippen molar-refractivity contribution in [3.63, 3.8) is 0 Å². The zero-order valence-corrected chi connectivity index (χ0v) is 16.7. The number of halogens is 1. The molecule has 1 aliphatic heterocycles. The van der Waals surface area contributed by atoms with Crippen LogP contribution in [-0.4, -0.2) is 17.4 Å². The van der Waals surface area contributed by atoms with E-state index in [-0.39, 0.29) is 11.3 Å². The number of hydrogen-bond acceptors (Lipinski definition) is 3. The third kappa shape index (κ3) is 3.77. The number of aromatic nitrogens is 1. The predicted molar refractivity (Wildman–Crippen MR) is 105 cm³/mol. The van der Waals surface area contributed by atoms with E-state index in [1.165, 1.54) is 5.56 Å². The number of nitrogens with one attached hydrogen (secondary N) is 2. The Balaban J connectivity index is 1.81. The molecule has 2 N–H and O–H groups in total. The number of anilines is 1. The Bertz CT molecular complexity index is 815. The fraction of sp³-hybridized carbons (Fsp3) is 0.400. The van der Waals surface area contributed by atoms with Gasteiger partial charge < -0.3 is 10.6 Å². The molecule has 0 unspecified atom stereocenters. The van der Waals surface area contributed by atoms with E-state index in [0.29, 0.717) is 11.5 Å². The lowest BCUT2D eigenvalue weighted by molar-refractivity contribution is 0.102. The summed E-state index contributed by atoms with van der Waals surface area (Å²) in [6.45, 7) is 10.3. The van der Waals surface area contributed by atoms with E-state index >= 15 is 0 Å². The topological polar surface area (TPSA) is 54.0 Å². The Morgan fingerprint density at radius 3 is 2.76 bits per heavy atom. The summed E-state index contributed by atoms with van der Waals surface area (Å²) >= 11 is 3.56. The lowest BCUT2D eigenvalue weighted by atomic mass is 9.83. The first-order chi connectivity index (χ1) is 11.8. The number of carbonyl (C=O) groups is 1. The lowest BCUT2D eigenvalue weighted by Crippen LogP contribution is -2.39. The fourth-order valence-corrected chi connectivity index (χ4v) is 4.09. The molecule has 0 fully saturated rings. The van der Waals surface area contributed by atoms with Gasteiger partial charge in [0, 0.05) is 28.5 Å². The molecule has 2 aromatic rings. The molecule has 1 aliphatic rings. The minimum absolute atomic E-state index is 0.00760. The van der Waals surface area contributed by atoms with Crippen LogP contribution < -0.4 is 10.6 Å². The number of fused-ring (bicyclic) bond motifs is 1. The Morgan fingerprint density at radius 1 is 1.32 bits per heavy atom. The maximum Gasteiger partial charge on any atom is 0.255 e. The van der Waals surface area contributed by atoms with Crippen molar-refractivity contribution in [3.05, 3.63) is 57.3 Å². The fourth-order valence-electron chi connectivity index (χ4n) is 3.26. The predicted octanol–water partition coefficient (Wildman–Crippen LogP) is 4.60. The number of rotatable bonds is 3. The number of amides is 1. The first kappa shape index (κ1) is 18.1. The summed E-state index contributed by atoms with van der Waals surface area (Å²) in [6, 6.07) is 7.76. The quantitative estimate of drug-likeness (QED) is 0.789. The highest BCUT2D eigenvalue weighted by Gasteiger charge is 2.28. The lowest BCUT2D eigenvalue weighted by Gasteiger charge is -2.32. The Hall–Kier alpha value is -1.72. The van der Waals surface area contributed by atoms with Crippen LogP contribution in [0.25, 0.3) is 0 Å². The summed E-state index contributed by atoms with van der Waals surface area (Å²) < 4.78 is 0.963. The van der Waals surface area contributed by atoms with Crippen molar-refractivity contribution < 1.29 is 4.79 Å². The number of nitrogens with zero attached hydrogens (tertiary/aromatic N) is 1. The van der Waals surface area contributed by atoms with E-state index in [1.807, 2.05) is 24.3 Å². The number of pyridine rings is 1. The van der Waals surface area contributed by atoms with Crippen LogP contribution in [0.2, 0.25) is 0 Å². The zero-order valence-electron chi connectivity index (χ0n) is 15.1. The van der Waals surface area contributed by atoms with Gasteiger partial charge in [-0.1, -0.05) is 49.7 Å². The summed E-state index contributed by atoms with van der Waals surface area (Å²) in [5.74, 6) is 0.285. The SMILES string of the molecule is CC(C)c1ccc(C(=O)Nc2cnc3c(c2)CNCC3(C)C)cc1Br. The molecule has 0 bridgehead atoms. The minimum atomic E-state index is -0.124. The molecule has 0 atom stereocenters. The van der Waals surface area contributed by atoms with Crippen LogP contribution in [0.3, 0.4) is 0 Å². The second-order valence-electron chi connectivity index (χ2n) is 7.56. The molecule has 3 rings (SSSR count). The van der Waals surface area contributed by atoms with Crippen LogP contribution in [0, 0.1) is 0 Å². The smallest absolute Gasteiger partial charge is 0.255 e. The van der Waals surface area contributed by atoms with Crippen molar-refractivity contribution >= 4 is 27.5 Å². The summed E-state index contributed by atoms with van der Waals surface area (Å²) in [4.78, 5) is 17.2. The van der Waals surface area contributed by atoms with Crippen molar-refractivity contribution in [1.82, 2.24) is 10.3 Å². The summed E-state index contributed by atoms with van der Waals surface area (Å²) in [6.07, 6.45) is 1.75. The third-order valence-corrected chi connectivity index (χ3v) is 5.32. The normalized spacial score (nSPS) is 15.8. The van der Waals surface area contributed by atoms with E-state index in [4.69, 9.17) is 0 Å². The maximum absolute atomic E-state index is 12.6. The molecule has 1 amide bonds. The molecular formula is C20H24BrN3O. The van der Waals surface area contributed by atoms with Crippen LogP contribution in [0.5, 0.6) is 0 Å². The van der Waals surface area contributed by atoms with Gasteiger partial charge in [0.2, 0.25) is 0 Å². The summed E-state index contributed by atoms with van der Waals surface area (Å²) in [5.41, 5.74) is 4.81. The van der Waals surface area contributed by atoms with Crippen LogP contribution in [-0.2, 0) is 12.0 Å². The van der Waals surface area contributed by atoms with Crippen molar-refractivity contribution in [2.24, 2.45) is 0 Å². The molecule has 1 aromatic carbocycles. The first-order valence-electron chi connectivity index (χ1n) is 8.59. The molecule has 0 saturated heterocycles. The van der Waals surface area contributed by atoms with Crippen LogP contribution in [0.15, 0.2) is 34.9 Å². The van der Waals surface area contributed by atoms with Crippen LogP contribution in [0.4, 0.5) is 5.69 Å². The van der Waals surface area contributed by atoms with E-state index in [0.717, 1.165) is 34.5 Å². The van der Waals surface area contributed by atoms with Gasteiger partial charge in [-0.2, -0.15) is 0 Å². The van der Waals surface area contributed by atoms with Gasteiger partial charge in [-0.15, -0.1) is 0 Å². The van der Waals surface area contributed by atoms with E-state index < -0.39 is 0 Å². The number of hydrogen-bond donors (Lipinski definition) is 2. The second-order valence-corrected chi connectivity index (χ2v) is 8.42. The average molecular weight is 402 g/mol. The van der Waals surface area contributed by atoms with Gasteiger partial charge in [-0.3, -0.25) is 9.78 Å². The van der Waals surface area contributed by atoms with Crippen molar-refractivity contribution in [2.75, 3.05) is 11.9 Å². The van der Waals surface area contributed by atoms with Crippen molar-refractivity contribution in [3.8, 4) is 0 Å². The van der Waals surface area contributed by atoms with E-state index in [1.54, 1.807) is 6.20 Å². The van der Waals surface area contributed by atoms with E-state index in [9.17, 15) is 4.79 Å². The molecule has 2 heterocycles. The van der Waals surface area contributed by atoms with Gasteiger partial charge >= 0.3 is 0 Å². The molecule has 1 aromatic heterocycles. The van der Waals surface area contributed by atoms with Gasteiger partial charge in [-0.25, -0.2) is 0 Å². The molecule has 0 radical (unpaired) electrons. The molecule has 5 heteroatoms. The first-order valence-corrected chi connectivity index (χ1v) is 9.38. The molecular weight excluding hydrogens is 378 g/mol. The maximum atomic E-state index is 12.6. The Kier molecular flexibility index (Phi) is 4.98. The zero-order chi connectivity index (χ0) is 18.2. The van der Waals surface area contributed by atoms with Crippen molar-refractivity contribution in [2.45, 2.75) is 45.6 Å². The highest BCUT2D eigenvalue weighted by atomic mass is 79.9. The molecule has 0 aliphatic carbocycles. The van der Waals surface area contributed by atoms with Gasteiger partial charge in [-0.05, 0) is 35.2 Å². The van der Waals surface area contributed by atoms with Gasteiger partial charge in [0.15, 0.2) is 0 Å². The Morgan fingerprint density at radius 2 is 2.08 bits per heavy atom. The standard InChI is InChI=1S/C20H24BrN3O/c1-12(2)16-6-5-13(8-17(16)21)19(25)24-15-7-14-9-22-11-20(3,4)18(14)23-10-15/h5-8,10,12,22H,9,11H2,1-4H3,(H,24,25). The van der Waals surface area contributed by atoms with Crippen LogP contribution in [0.1, 0.15) is 60.8 Å². The summed E-state index contributed by atoms with van der Waals surface area (Å²) in [7, 11) is 0. The largest absolute Gasteiger partial charge is 0.321 e. The van der Waals surface area contributed by atoms with Crippen LogP contribution >= 0.6 is 15.9 Å². The minimum Gasteiger partial charge on any atom is -0.321 e. The molecule has 4 nitrogen and oxygen atoms in total. The van der Waals surface area contributed by atoms with Crippen molar-refractivity contribution in [1.29, 1.82) is 0 Å². The number of carbonyl (C=O) groups excluding carboxylic acids is 1. The van der Waals surface area contributed by atoms with Gasteiger partial charge in [0.1, 0.15) is 0 Å². The highest BCUT2D eigenvalue weighted by molar-refractivity contribution is 9.10. The number of benzene rings is 1. The molecule has 0 saturated carbocycles. The van der Waals surface area contributed by atoms with Gasteiger partial charge in [0.25, 0.3) is 5.91 Å². The molecule has 0 spiro atoms. The molecule has 25 heavy (non-hydrogen) atoms. The average Bonchev–Trinajstić information content (AvgIpc) is 2.53. The highest BCUT2D eigenvalue weighted by Crippen LogP contribution is 2.29. The third-order valence-electron chi connectivity index (χ3n) is 4.63. The second kappa shape index (κ2) is 6.89. The summed E-state index contributed by atoms with van der Waals surface area (Å²) in [5, 5.41) is 6.37. The van der Waals surface area contributed by atoms with Gasteiger partial charge in [0.05, 0.1) is 17.6 Å². The Labute approximate surface area is 157 Å².